The highest BCUT2D eigenvalue weighted by Crippen LogP contribution is 2.35. The minimum absolute atomic E-state index is 0.265. The highest BCUT2D eigenvalue weighted by molar-refractivity contribution is 6.02. The molecule has 1 heterocycles. The van der Waals surface area contributed by atoms with Crippen LogP contribution >= 0.6 is 0 Å². The lowest BCUT2D eigenvalue weighted by atomic mass is 9.82. The highest BCUT2D eigenvalue weighted by Gasteiger charge is 2.36. The Morgan fingerprint density at radius 3 is 2.59 bits per heavy atom. The molecule has 1 saturated heterocycles. The summed E-state index contributed by atoms with van der Waals surface area (Å²) in [7, 11) is 2.17. The Labute approximate surface area is 103 Å². The molecule has 1 aromatic carbocycles. The average molecular weight is 229 g/mol. The maximum absolute atomic E-state index is 12.4. The van der Waals surface area contributed by atoms with Crippen molar-refractivity contribution in [1.82, 2.24) is 4.90 Å². The minimum Gasteiger partial charge on any atom is -0.306 e. The number of likely N-dealkylation sites (tertiary alicyclic amines) is 1. The Morgan fingerprint density at radius 2 is 1.88 bits per heavy atom. The molecule has 0 amide bonds. The normalized spacial score (nSPS) is 26.2. The molecule has 17 heavy (non-hydrogen) atoms. The number of nitrogens with zero attached hydrogens (tertiary/aromatic N) is 1. The molecule has 2 aliphatic rings. The summed E-state index contributed by atoms with van der Waals surface area (Å²) in [5.41, 5.74) is 2.25. The maximum Gasteiger partial charge on any atom is 0.166 e. The first-order valence-electron chi connectivity index (χ1n) is 6.56. The first-order chi connectivity index (χ1) is 8.25. The van der Waals surface area contributed by atoms with Gasteiger partial charge in [-0.15, -0.1) is 0 Å². The van der Waals surface area contributed by atoms with E-state index in [-0.39, 0.29) is 5.92 Å². The molecule has 1 aromatic rings. The quantitative estimate of drug-likeness (QED) is 0.737. The van der Waals surface area contributed by atoms with E-state index < -0.39 is 0 Å². The van der Waals surface area contributed by atoms with Gasteiger partial charge in [-0.05, 0) is 50.9 Å². The molecule has 0 spiro atoms. The number of fused-ring (bicyclic) bond motifs is 1. The lowest BCUT2D eigenvalue weighted by Gasteiger charge is -2.31. The molecule has 90 valence electrons. The van der Waals surface area contributed by atoms with E-state index in [0.29, 0.717) is 11.7 Å². The van der Waals surface area contributed by atoms with Gasteiger partial charge in [-0.2, -0.15) is 0 Å². The van der Waals surface area contributed by atoms with Crippen molar-refractivity contribution >= 4 is 5.78 Å². The van der Waals surface area contributed by atoms with Crippen molar-refractivity contribution in [3.63, 3.8) is 0 Å². The fourth-order valence-electron chi connectivity index (χ4n) is 3.28. The topological polar surface area (TPSA) is 20.3 Å². The molecule has 1 fully saturated rings. The molecule has 0 saturated carbocycles. The summed E-state index contributed by atoms with van der Waals surface area (Å²) >= 11 is 0. The van der Waals surface area contributed by atoms with Gasteiger partial charge in [0.25, 0.3) is 0 Å². The molecule has 0 radical (unpaired) electrons. The number of benzene rings is 1. The zero-order chi connectivity index (χ0) is 11.8. The van der Waals surface area contributed by atoms with Crippen LogP contribution in [-0.4, -0.2) is 30.8 Å². The zero-order valence-electron chi connectivity index (χ0n) is 10.4. The van der Waals surface area contributed by atoms with Crippen LogP contribution in [0.5, 0.6) is 0 Å². The molecule has 0 aromatic heterocycles. The smallest absolute Gasteiger partial charge is 0.166 e. The lowest BCUT2D eigenvalue weighted by Crippen LogP contribution is -2.35. The number of rotatable bonds is 1. The summed E-state index contributed by atoms with van der Waals surface area (Å²) < 4.78 is 0. The van der Waals surface area contributed by atoms with Gasteiger partial charge in [0.2, 0.25) is 0 Å². The van der Waals surface area contributed by atoms with Crippen molar-refractivity contribution in [1.29, 1.82) is 0 Å². The van der Waals surface area contributed by atoms with E-state index >= 15 is 0 Å². The van der Waals surface area contributed by atoms with Gasteiger partial charge in [-0.25, -0.2) is 0 Å². The van der Waals surface area contributed by atoms with Crippen molar-refractivity contribution in [3.05, 3.63) is 35.4 Å². The van der Waals surface area contributed by atoms with Crippen LogP contribution in [0.4, 0.5) is 0 Å². The summed E-state index contributed by atoms with van der Waals surface area (Å²) in [6.45, 7) is 2.29. The van der Waals surface area contributed by atoms with E-state index in [1.54, 1.807) is 0 Å². The summed E-state index contributed by atoms with van der Waals surface area (Å²) in [5.74, 6) is 1.27. The van der Waals surface area contributed by atoms with Crippen LogP contribution < -0.4 is 0 Å². The van der Waals surface area contributed by atoms with E-state index in [0.717, 1.165) is 25.1 Å². The lowest BCUT2D eigenvalue weighted by molar-refractivity contribution is 0.0840. The van der Waals surface area contributed by atoms with Gasteiger partial charge in [0.05, 0.1) is 0 Å². The van der Waals surface area contributed by atoms with Gasteiger partial charge >= 0.3 is 0 Å². The van der Waals surface area contributed by atoms with E-state index in [1.165, 1.54) is 18.4 Å². The predicted octanol–water partition coefficient (Wildman–Crippen LogP) is 2.38. The fraction of sp³-hybridized carbons (Fsp3) is 0.533. The molecule has 1 aliphatic carbocycles. The Morgan fingerprint density at radius 1 is 1.18 bits per heavy atom. The molecule has 0 N–H and O–H groups in total. The Hall–Kier alpha value is -1.15. The first-order valence-corrected chi connectivity index (χ1v) is 6.56. The zero-order valence-corrected chi connectivity index (χ0v) is 10.4. The van der Waals surface area contributed by atoms with Crippen molar-refractivity contribution in [2.75, 3.05) is 20.1 Å². The second-order valence-corrected chi connectivity index (χ2v) is 5.47. The van der Waals surface area contributed by atoms with Gasteiger partial charge in [-0.3, -0.25) is 4.79 Å². The van der Waals surface area contributed by atoms with Gasteiger partial charge < -0.3 is 4.90 Å². The minimum atomic E-state index is 0.265. The van der Waals surface area contributed by atoms with E-state index in [4.69, 9.17) is 0 Å². The number of hydrogen-bond donors (Lipinski definition) is 0. The molecular formula is C15H19NO. The third-order valence-corrected chi connectivity index (χ3v) is 4.39. The van der Waals surface area contributed by atoms with Gasteiger partial charge in [0, 0.05) is 11.5 Å². The second kappa shape index (κ2) is 4.26. The molecule has 2 heteroatoms. The van der Waals surface area contributed by atoms with Crippen molar-refractivity contribution in [3.8, 4) is 0 Å². The number of carbonyl (C=O) groups excluding carboxylic acids is 1. The van der Waals surface area contributed by atoms with Crippen LogP contribution in [0.3, 0.4) is 0 Å². The SMILES string of the molecule is CN1CCC([C@H]2Cc3ccccc3C2=O)CC1. The van der Waals surface area contributed by atoms with Crippen LogP contribution in [-0.2, 0) is 6.42 Å². The summed E-state index contributed by atoms with van der Waals surface area (Å²) in [6.07, 6.45) is 3.34. The number of Topliss-reactive ketones (excluding diaryl/α,β-unsaturated/α-hetero) is 1. The van der Waals surface area contributed by atoms with Gasteiger partial charge in [0.15, 0.2) is 5.78 Å². The molecule has 1 aliphatic heterocycles. The first kappa shape index (κ1) is 11.0. The molecule has 0 unspecified atom stereocenters. The Balaban J connectivity index is 1.78. The molecule has 2 nitrogen and oxygen atoms in total. The van der Waals surface area contributed by atoms with Crippen LogP contribution in [0.25, 0.3) is 0 Å². The van der Waals surface area contributed by atoms with Crippen LogP contribution in [0.2, 0.25) is 0 Å². The summed E-state index contributed by atoms with van der Waals surface area (Å²) in [5, 5.41) is 0. The monoisotopic (exact) mass is 229 g/mol. The Kier molecular flexibility index (Phi) is 2.75. The third-order valence-electron chi connectivity index (χ3n) is 4.39. The molecule has 3 rings (SSSR count). The molecule has 0 bridgehead atoms. The highest BCUT2D eigenvalue weighted by atomic mass is 16.1. The van der Waals surface area contributed by atoms with Crippen molar-refractivity contribution < 1.29 is 4.79 Å². The molecular weight excluding hydrogens is 210 g/mol. The van der Waals surface area contributed by atoms with Gasteiger partial charge in [0.1, 0.15) is 0 Å². The van der Waals surface area contributed by atoms with E-state index in [9.17, 15) is 4.79 Å². The Bertz CT molecular complexity index is 432. The third kappa shape index (κ3) is 1.91. The predicted molar refractivity (Wildman–Crippen MR) is 68.2 cm³/mol. The van der Waals surface area contributed by atoms with Gasteiger partial charge in [-0.1, -0.05) is 24.3 Å². The average Bonchev–Trinajstić information content (AvgIpc) is 2.69. The number of hydrogen-bond acceptors (Lipinski definition) is 2. The van der Waals surface area contributed by atoms with Crippen LogP contribution in [0.15, 0.2) is 24.3 Å². The fourth-order valence-corrected chi connectivity index (χ4v) is 3.28. The molecule has 1 atom stereocenters. The second-order valence-electron chi connectivity index (χ2n) is 5.47. The van der Waals surface area contributed by atoms with E-state index in [2.05, 4.69) is 18.0 Å². The number of ketones is 1. The van der Waals surface area contributed by atoms with Crippen molar-refractivity contribution in [2.45, 2.75) is 19.3 Å². The van der Waals surface area contributed by atoms with Crippen LogP contribution in [0, 0.1) is 11.8 Å². The number of piperidine rings is 1. The largest absolute Gasteiger partial charge is 0.306 e. The maximum atomic E-state index is 12.4. The standard InChI is InChI=1S/C15H19NO/c1-16-8-6-11(7-9-16)14-10-12-4-2-3-5-13(12)15(14)17/h2-5,11,14H,6-10H2,1H3/t14-/m1/s1. The van der Waals surface area contributed by atoms with Crippen LogP contribution in [0.1, 0.15) is 28.8 Å². The van der Waals surface area contributed by atoms with Crippen molar-refractivity contribution in [2.24, 2.45) is 11.8 Å². The van der Waals surface area contributed by atoms with E-state index in [1.807, 2.05) is 18.2 Å². The number of carbonyl (C=O) groups is 1. The summed E-state index contributed by atoms with van der Waals surface area (Å²) in [4.78, 5) is 14.7. The summed E-state index contributed by atoms with van der Waals surface area (Å²) in [6, 6.07) is 8.13.